The molecule has 0 heterocycles. The Morgan fingerprint density at radius 2 is 2.11 bits per heavy atom. The Morgan fingerprint density at radius 3 is 2.56 bits per heavy atom. The number of rotatable bonds is 6. The van der Waals surface area contributed by atoms with Gasteiger partial charge in [-0.05, 0) is 24.1 Å². The van der Waals surface area contributed by atoms with Crippen molar-refractivity contribution in [1.29, 1.82) is 0 Å². The number of nitro groups is 1. The van der Waals surface area contributed by atoms with Crippen LogP contribution in [0.4, 0.5) is 5.69 Å². The lowest BCUT2D eigenvalue weighted by molar-refractivity contribution is -0.384. The second-order valence-electron chi connectivity index (χ2n) is 3.90. The molecular formula is C13H16N2O3. The highest BCUT2D eigenvalue weighted by Gasteiger charge is 2.11. The Morgan fingerprint density at radius 1 is 1.50 bits per heavy atom. The van der Waals surface area contributed by atoms with Gasteiger partial charge in [0.2, 0.25) is 0 Å². The SMILES string of the molecule is C#CC(CC)NCC(O)c1ccc([N+](=O)[O-])cc1. The van der Waals surface area contributed by atoms with Gasteiger partial charge in [0.25, 0.3) is 5.69 Å². The fourth-order valence-electron chi connectivity index (χ4n) is 1.51. The summed E-state index contributed by atoms with van der Waals surface area (Å²) in [6.45, 7) is 2.27. The number of non-ortho nitro benzene ring substituents is 1. The lowest BCUT2D eigenvalue weighted by Crippen LogP contribution is -2.31. The van der Waals surface area contributed by atoms with Crippen LogP contribution in [0.15, 0.2) is 24.3 Å². The highest BCUT2D eigenvalue weighted by atomic mass is 16.6. The lowest BCUT2D eigenvalue weighted by Gasteiger charge is -2.15. The molecule has 1 aromatic carbocycles. The minimum atomic E-state index is -0.729. The van der Waals surface area contributed by atoms with Crippen LogP contribution in [0.25, 0.3) is 0 Å². The molecule has 0 aromatic heterocycles. The van der Waals surface area contributed by atoms with Crippen LogP contribution >= 0.6 is 0 Å². The summed E-state index contributed by atoms with van der Waals surface area (Å²) in [6, 6.07) is 5.76. The summed E-state index contributed by atoms with van der Waals surface area (Å²) in [4.78, 5) is 10.0. The van der Waals surface area contributed by atoms with Crippen molar-refractivity contribution in [3.63, 3.8) is 0 Å². The average molecular weight is 248 g/mol. The van der Waals surface area contributed by atoms with Gasteiger partial charge in [0.1, 0.15) is 0 Å². The third-order valence-corrected chi connectivity index (χ3v) is 2.66. The molecule has 0 saturated heterocycles. The van der Waals surface area contributed by atoms with Crippen molar-refractivity contribution in [2.24, 2.45) is 0 Å². The van der Waals surface area contributed by atoms with E-state index in [9.17, 15) is 15.2 Å². The van der Waals surface area contributed by atoms with E-state index in [0.29, 0.717) is 12.1 Å². The van der Waals surface area contributed by atoms with Gasteiger partial charge in [-0.15, -0.1) is 6.42 Å². The molecule has 0 bridgehead atoms. The van der Waals surface area contributed by atoms with E-state index in [1.54, 1.807) is 12.1 Å². The number of benzene rings is 1. The van der Waals surface area contributed by atoms with E-state index in [0.717, 1.165) is 6.42 Å². The van der Waals surface area contributed by atoms with E-state index < -0.39 is 11.0 Å². The summed E-state index contributed by atoms with van der Waals surface area (Å²) < 4.78 is 0. The van der Waals surface area contributed by atoms with E-state index in [1.165, 1.54) is 12.1 Å². The average Bonchev–Trinajstić information content (AvgIpc) is 2.39. The molecule has 18 heavy (non-hydrogen) atoms. The van der Waals surface area contributed by atoms with Gasteiger partial charge in [-0.1, -0.05) is 12.8 Å². The number of hydrogen-bond acceptors (Lipinski definition) is 4. The molecule has 1 aromatic rings. The predicted molar refractivity (Wildman–Crippen MR) is 69.0 cm³/mol. The van der Waals surface area contributed by atoms with Gasteiger partial charge in [0, 0.05) is 18.7 Å². The van der Waals surface area contributed by atoms with E-state index >= 15 is 0 Å². The Labute approximate surface area is 106 Å². The number of aliphatic hydroxyl groups excluding tert-OH is 1. The standard InChI is InChI=1S/C13H16N2O3/c1-3-11(4-2)14-9-13(16)10-5-7-12(8-6-10)15(17)18/h1,5-8,11,13-14,16H,4,9H2,2H3. The normalized spacial score (nSPS) is 13.6. The van der Waals surface area contributed by atoms with Crippen LogP contribution in [0.5, 0.6) is 0 Å². The first-order valence-electron chi connectivity index (χ1n) is 5.70. The van der Waals surface area contributed by atoms with Crippen LogP contribution in [0.3, 0.4) is 0 Å². The van der Waals surface area contributed by atoms with Gasteiger partial charge in [-0.3, -0.25) is 10.1 Å². The summed E-state index contributed by atoms with van der Waals surface area (Å²) in [5.41, 5.74) is 0.633. The molecule has 0 saturated carbocycles. The van der Waals surface area contributed by atoms with Gasteiger partial charge in [0.15, 0.2) is 0 Å². The third kappa shape index (κ3) is 3.84. The van der Waals surface area contributed by atoms with E-state index in [2.05, 4.69) is 11.2 Å². The predicted octanol–water partition coefficient (Wildman–Crippen LogP) is 1.63. The summed E-state index contributed by atoms with van der Waals surface area (Å²) in [7, 11) is 0. The maximum atomic E-state index is 10.5. The highest BCUT2D eigenvalue weighted by Crippen LogP contribution is 2.17. The molecule has 2 unspecified atom stereocenters. The molecule has 0 aliphatic carbocycles. The molecule has 0 radical (unpaired) electrons. The Kier molecular flexibility index (Phi) is 5.31. The molecule has 0 aliphatic heterocycles. The molecule has 96 valence electrons. The van der Waals surface area contributed by atoms with Crippen LogP contribution in [0, 0.1) is 22.5 Å². The van der Waals surface area contributed by atoms with Gasteiger partial charge in [-0.25, -0.2) is 0 Å². The second kappa shape index (κ2) is 6.74. The van der Waals surface area contributed by atoms with Gasteiger partial charge < -0.3 is 10.4 Å². The minimum Gasteiger partial charge on any atom is -0.387 e. The van der Waals surface area contributed by atoms with Crippen molar-refractivity contribution in [2.45, 2.75) is 25.5 Å². The van der Waals surface area contributed by atoms with Crippen molar-refractivity contribution >= 4 is 5.69 Å². The molecule has 2 atom stereocenters. The topological polar surface area (TPSA) is 75.4 Å². The summed E-state index contributed by atoms with van der Waals surface area (Å²) in [5.74, 6) is 2.57. The van der Waals surface area contributed by atoms with Gasteiger partial charge in [-0.2, -0.15) is 0 Å². The fourth-order valence-corrected chi connectivity index (χ4v) is 1.51. The molecule has 5 heteroatoms. The molecule has 0 amide bonds. The van der Waals surface area contributed by atoms with E-state index in [4.69, 9.17) is 6.42 Å². The first kappa shape index (κ1) is 14.2. The van der Waals surface area contributed by atoms with Crippen LogP contribution in [-0.2, 0) is 0 Å². The zero-order valence-electron chi connectivity index (χ0n) is 10.2. The van der Waals surface area contributed by atoms with Crippen molar-refractivity contribution < 1.29 is 10.0 Å². The monoisotopic (exact) mass is 248 g/mol. The molecule has 2 N–H and O–H groups in total. The maximum Gasteiger partial charge on any atom is 0.269 e. The first-order valence-corrected chi connectivity index (χ1v) is 5.70. The molecule has 0 spiro atoms. The van der Waals surface area contributed by atoms with Crippen LogP contribution in [0.1, 0.15) is 25.0 Å². The molecular weight excluding hydrogens is 232 g/mol. The van der Waals surface area contributed by atoms with Crippen molar-refractivity contribution in [2.75, 3.05) is 6.54 Å². The quantitative estimate of drug-likeness (QED) is 0.456. The smallest absolute Gasteiger partial charge is 0.269 e. The van der Waals surface area contributed by atoms with Crippen molar-refractivity contribution in [1.82, 2.24) is 5.32 Å². The van der Waals surface area contributed by atoms with E-state index in [1.807, 2.05) is 6.92 Å². The first-order chi connectivity index (χ1) is 8.58. The summed E-state index contributed by atoms with van der Waals surface area (Å²) >= 11 is 0. The number of nitro benzene ring substituents is 1. The zero-order chi connectivity index (χ0) is 13.5. The fraction of sp³-hybridized carbons (Fsp3) is 0.385. The number of aliphatic hydroxyl groups is 1. The van der Waals surface area contributed by atoms with Crippen LogP contribution in [0.2, 0.25) is 0 Å². The van der Waals surface area contributed by atoms with Crippen LogP contribution in [-0.4, -0.2) is 22.6 Å². The zero-order valence-corrected chi connectivity index (χ0v) is 10.2. The molecule has 0 fully saturated rings. The summed E-state index contributed by atoms with van der Waals surface area (Å²) in [5, 5.41) is 23.4. The Hall–Kier alpha value is -1.90. The number of nitrogens with one attached hydrogen (secondary N) is 1. The number of nitrogens with zero attached hydrogens (tertiary/aromatic N) is 1. The lowest BCUT2D eigenvalue weighted by atomic mass is 10.1. The largest absolute Gasteiger partial charge is 0.387 e. The molecule has 5 nitrogen and oxygen atoms in total. The maximum absolute atomic E-state index is 10.5. The number of terminal acetylenes is 1. The third-order valence-electron chi connectivity index (χ3n) is 2.66. The Balaban J connectivity index is 2.59. The second-order valence-corrected chi connectivity index (χ2v) is 3.90. The highest BCUT2D eigenvalue weighted by molar-refractivity contribution is 5.33. The van der Waals surface area contributed by atoms with Crippen molar-refractivity contribution in [3.05, 3.63) is 39.9 Å². The van der Waals surface area contributed by atoms with Gasteiger partial charge in [0.05, 0.1) is 17.1 Å². The Bertz CT molecular complexity index is 437. The summed E-state index contributed by atoms with van der Waals surface area (Å²) in [6.07, 6.45) is 5.34. The van der Waals surface area contributed by atoms with E-state index in [-0.39, 0.29) is 11.7 Å². The van der Waals surface area contributed by atoms with Crippen LogP contribution < -0.4 is 5.32 Å². The molecule has 1 rings (SSSR count). The number of hydrogen-bond donors (Lipinski definition) is 2. The molecule has 0 aliphatic rings. The minimum absolute atomic E-state index is 0.00830. The van der Waals surface area contributed by atoms with Gasteiger partial charge >= 0.3 is 0 Å². The van der Waals surface area contributed by atoms with Crippen molar-refractivity contribution in [3.8, 4) is 12.3 Å².